The fourth-order valence-corrected chi connectivity index (χ4v) is 4.24. The van der Waals surface area contributed by atoms with Crippen molar-refractivity contribution in [1.82, 2.24) is 4.90 Å². The minimum Gasteiger partial charge on any atom is -0.385 e. The van der Waals surface area contributed by atoms with Gasteiger partial charge in [-0.25, -0.2) is 0 Å². The van der Waals surface area contributed by atoms with Gasteiger partial charge in [-0.15, -0.1) is 0 Å². The van der Waals surface area contributed by atoms with Crippen molar-refractivity contribution in [2.75, 3.05) is 52.8 Å². The first-order valence-corrected chi connectivity index (χ1v) is 7.80. The van der Waals surface area contributed by atoms with Crippen molar-refractivity contribution in [1.29, 1.82) is 0 Å². The Kier molecular flexibility index (Phi) is 7.56. The number of hydrogen-bond donors (Lipinski definition) is 1. The van der Waals surface area contributed by atoms with Crippen molar-refractivity contribution in [3.8, 4) is 0 Å². The van der Waals surface area contributed by atoms with Crippen molar-refractivity contribution in [2.45, 2.75) is 30.6 Å². The Balaban J connectivity index is 2.65. The molecule has 0 spiro atoms. The molecule has 0 aliphatic carbocycles. The molecule has 2 atom stereocenters. The number of nitrogens with zero attached hydrogens (tertiary/aromatic N) is 1. The summed E-state index contributed by atoms with van der Waals surface area (Å²) in [6, 6.07) is 0. The van der Waals surface area contributed by atoms with Gasteiger partial charge >= 0.3 is 0 Å². The monoisotopic (exact) mass is 276 g/mol. The van der Waals surface area contributed by atoms with Gasteiger partial charge in [-0.3, -0.25) is 4.90 Å². The van der Waals surface area contributed by atoms with Gasteiger partial charge in [0.2, 0.25) is 0 Å². The minimum absolute atomic E-state index is 0.150. The molecule has 2 unspecified atom stereocenters. The van der Waals surface area contributed by atoms with Crippen LogP contribution in [0.3, 0.4) is 0 Å². The second kappa shape index (κ2) is 8.38. The van der Waals surface area contributed by atoms with Crippen LogP contribution in [0.4, 0.5) is 0 Å². The summed E-state index contributed by atoms with van der Waals surface area (Å²) in [5.74, 6) is 1.21. The summed E-state index contributed by atoms with van der Waals surface area (Å²) in [6.07, 6.45) is 2.24. The van der Waals surface area contributed by atoms with Gasteiger partial charge in [0.05, 0.1) is 6.61 Å². The molecule has 1 fully saturated rings. The number of thioether (sulfide) groups is 1. The Morgan fingerprint density at radius 3 is 2.50 bits per heavy atom. The zero-order valence-electron chi connectivity index (χ0n) is 12.0. The Bertz CT molecular complexity index is 231. The summed E-state index contributed by atoms with van der Waals surface area (Å²) in [7, 11) is 3.52. The maximum absolute atomic E-state index is 6.11. The van der Waals surface area contributed by atoms with Crippen LogP contribution < -0.4 is 5.73 Å². The topological polar surface area (TPSA) is 47.7 Å². The summed E-state index contributed by atoms with van der Waals surface area (Å²) < 4.78 is 10.4. The van der Waals surface area contributed by atoms with Crippen molar-refractivity contribution in [3.05, 3.63) is 0 Å². The van der Waals surface area contributed by atoms with Crippen molar-refractivity contribution < 1.29 is 9.47 Å². The molecule has 0 aromatic rings. The van der Waals surface area contributed by atoms with Gasteiger partial charge in [0.15, 0.2) is 0 Å². The van der Waals surface area contributed by atoms with Crippen LogP contribution >= 0.6 is 11.8 Å². The lowest BCUT2D eigenvalue weighted by Crippen LogP contribution is -2.58. The van der Waals surface area contributed by atoms with Crippen LogP contribution in [0.5, 0.6) is 0 Å². The van der Waals surface area contributed by atoms with Crippen molar-refractivity contribution in [2.24, 2.45) is 5.73 Å². The number of nitrogens with two attached hydrogens (primary N) is 1. The molecule has 1 aliphatic rings. The number of rotatable bonds is 9. The summed E-state index contributed by atoms with van der Waals surface area (Å²) >= 11 is 2.04. The van der Waals surface area contributed by atoms with Gasteiger partial charge in [0, 0.05) is 51.2 Å². The zero-order chi connectivity index (χ0) is 13.4. The van der Waals surface area contributed by atoms with E-state index in [9.17, 15) is 0 Å². The van der Waals surface area contributed by atoms with E-state index in [0.717, 1.165) is 39.3 Å². The van der Waals surface area contributed by atoms with Crippen LogP contribution in [0.2, 0.25) is 0 Å². The third kappa shape index (κ3) is 3.84. The molecule has 1 heterocycles. The first-order chi connectivity index (χ1) is 8.71. The summed E-state index contributed by atoms with van der Waals surface area (Å²) in [5, 5.41) is 0.599. The molecule has 0 bridgehead atoms. The van der Waals surface area contributed by atoms with E-state index in [2.05, 4.69) is 11.8 Å². The largest absolute Gasteiger partial charge is 0.385 e. The Hall–Kier alpha value is 0.190. The lowest BCUT2D eigenvalue weighted by molar-refractivity contribution is 0.0537. The molecule has 0 saturated carbocycles. The van der Waals surface area contributed by atoms with E-state index in [1.54, 1.807) is 14.2 Å². The van der Waals surface area contributed by atoms with Gasteiger partial charge in [-0.2, -0.15) is 11.8 Å². The minimum atomic E-state index is 0.150. The number of methoxy groups -OCH3 is 2. The van der Waals surface area contributed by atoms with Crippen LogP contribution in [-0.4, -0.2) is 68.5 Å². The molecule has 0 radical (unpaired) electrons. The van der Waals surface area contributed by atoms with Gasteiger partial charge in [0.1, 0.15) is 0 Å². The zero-order valence-corrected chi connectivity index (χ0v) is 12.8. The van der Waals surface area contributed by atoms with E-state index in [4.69, 9.17) is 15.2 Å². The molecule has 1 rings (SSSR count). The van der Waals surface area contributed by atoms with Crippen LogP contribution in [0.15, 0.2) is 0 Å². The summed E-state index contributed by atoms with van der Waals surface area (Å²) in [4.78, 5) is 2.53. The SMILES string of the molecule is COCCCN(CCOC)C1(CN)CCSC1C. The third-order valence-corrected chi connectivity index (χ3v) is 5.36. The molecule has 4 nitrogen and oxygen atoms in total. The highest BCUT2D eigenvalue weighted by molar-refractivity contribution is 8.00. The van der Waals surface area contributed by atoms with E-state index < -0.39 is 0 Å². The smallest absolute Gasteiger partial charge is 0.0589 e. The molecule has 2 N–H and O–H groups in total. The Morgan fingerprint density at radius 2 is 2.00 bits per heavy atom. The molecule has 18 heavy (non-hydrogen) atoms. The molecular weight excluding hydrogens is 248 g/mol. The van der Waals surface area contributed by atoms with Gasteiger partial charge < -0.3 is 15.2 Å². The van der Waals surface area contributed by atoms with E-state index in [-0.39, 0.29) is 5.54 Å². The fraction of sp³-hybridized carbons (Fsp3) is 1.00. The van der Waals surface area contributed by atoms with Crippen LogP contribution in [0.25, 0.3) is 0 Å². The molecule has 1 aliphatic heterocycles. The summed E-state index contributed by atoms with van der Waals surface area (Å²) in [5.41, 5.74) is 6.26. The molecule has 5 heteroatoms. The number of ether oxygens (including phenoxy) is 2. The lowest BCUT2D eigenvalue weighted by Gasteiger charge is -2.43. The van der Waals surface area contributed by atoms with E-state index in [1.807, 2.05) is 11.8 Å². The predicted octanol–water partition coefficient (Wildman–Crippen LogP) is 1.19. The number of hydrogen-bond acceptors (Lipinski definition) is 5. The predicted molar refractivity (Wildman–Crippen MR) is 78.3 cm³/mol. The second-order valence-corrected chi connectivity index (χ2v) is 6.35. The lowest BCUT2D eigenvalue weighted by atomic mass is 9.90. The molecule has 108 valence electrons. The molecule has 0 amide bonds. The normalized spacial score (nSPS) is 28.2. The van der Waals surface area contributed by atoms with Crippen LogP contribution in [0, 0.1) is 0 Å². The van der Waals surface area contributed by atoms with Gasteiger partial charge in [0.25, 0.3) is 0 Å². The highest BCUT2D eigenvalue weighted by Gasteiger charge is 2.44. The van der Waals surface area contributed by atoms with Gasteiger partial charge in [-0.1, -0.05) is 6.92 Å². The highest BCUT2D eigenvalue weighted by Crippen LogP contribution is 2.39. The van der Waals surface area contributed by atoms with E-state index >= 15 is 0 Å². The average Bonchev–Trinajstić information content (AvgIpc) is 2.76. The highest BCUT2D eigenvalue weighted by atomic mass is 32.2. The fourth-order valence-electron chi connectivity index (χ4n) is 2.74. The van der Waals surface area contributed by atoms with Crippen molar-refractivity contribution >= 4 is 11.8 Å². The maximum atomic E-state index is 6.11. The van der Waals surface area contributed by atoms with Gasteiger partial charge in [-0.05, 0) is 18.6 Å². The molecular formula is C13H28N2O2S. The Morgan fingerprint density at radius 1 is 1.28 bits per heavy atom. The summed E-state index contributed by atoms with van der Waals surface area (Å²) in [6.45, 7) is 6.62. The van der Waals surface area contributed by atoms with E-state index in [1.165, 1.54) is 12.2 Å². The third-order valence-electron chi connectivity index (χ3n) is 3.98. The second-order valence-electron chi connectivity index (χ2n) is 4.90. The average molecular weight is 276 g/mol. The quantitative estimate of drug-likeness (QED) is 0.641. The standard InChI is InChI=1S/C13H28N2O2S/c1-12-13(11-14,5-10-18-12)15(7-9-17-3)6-4-8-16-2/h12H,4-11,14H2,1-3H3. The van der Waals surface area contributed by atoms with Crippen molar-refractivity contribution in [3.63, 3.8) is 0 Å². The van der Waals surface area contributed by atoms with E-state index in [0.29, 0.717) is 5.25 Å². The van der Waals surface area contributed by atoms with Crippen LogP contribution in [-0.2, 0) is 9.47 Å². The molecule has 0 aromatic carbocycles. The Labute approximate surface area is 116 Å². The first-order valence-electron chi connectivity index (χ1n) is 6.76. The first kappa shape index (κ1) is 16.2. The maximum Gasteiger partial charge on any atom is 0.0589 e. The molecule has 0 aromatic heterocycles. The molecule has 1 saturated heterocycles. The van der Waals surface area contributed by atoms with Crippen LogP contribution in [0.1, 0.15) is 19.8 Å².